The number of rotatable bonds is 10. The van der Waals surface area contributed by atoms with Gasteiger partial charge in [-0.25, -0.2) is 9.97 Å². The lowest BCUT2D eigenvalue weighted by molar-refractivity contribution is 0.0999. The van der Waals surface area contributed by atoms with Gasteiger partial charge in [-0.2, -0.15) is 0 Å². The van der Waals surface area contributed by atoms with Crippen molar-refractivity contribution in [2.75, 3.05) is 26.3 Å². The molecule has 0 saturated carbocycles. The second kappa shape index (κ2) is 9.43. The van der Waals surface area contributed by atoms with Gasteiger partial charge in [-0.1, -0.05) is 0 Å². The Kier molecular flexibility index (Phi) is 6.93. The van der Waals surface area contributed by atoms with Crippen molar-refractivity contribution in [1.82, 2.24) is 15.3 Å². The summed E-state index contributed by atoms with van der Waals surface area (Å²) in [5, 5.41) is 12.8. The fourth-order valence-electron chi connectivity index (χ4n) is 1.81. The smallest absolute Gasteiger partial charge is 0.316 e. The lowest BCUT2D eigenvalue weighted by Crippen LogP contribution is -2.33. The maximum atomic E-state index is 10.9. The van der Waals surface area contributed by atoms with E-state index in [0.29, 0.717) is 31.0 Å². The van der Waals surface area contributed by atoms with E-state index in [1.165, 1.54) is 0 Å². The van der Waals surface area contributed by atoms with Crippen LogP contribution < -0.4 is 20.5 Å². The molecule has 0 radical (unpaired) electrons. The molecule has 1 aromatic heterocycles. The predicted octanol–water partition coefficient (Wildman–Crippen LogP) is -0.0162. The summed E-state index contributed by atoms with van der Waals surface area (Å²) in [5.74, 6) is 0.173. The summed E-state index contributed by atoms with van der Waals surface area (Å²) >= 11 is 0. The molecule has 0 fully saturated rings. The van der Waals surface area contributed by atoms with Crippen molar-refractivity contribution in [1.29, 1.82) is 0 Å². The number of hydrogen-bond acceptors (Lipinski definition) is 7. The Hall–Kier alpha value is -2.71. The summed E-state index contributed by atoms with van der Waals surface area (Å²) in [5.41, 5.74) is 5.60. The van der Waals surface area contributed by atoms with Gasteiger partial charge in [-0.3, -0.25) is 4.79 Å². The Bertz CT molecular complexity index is 622. The van der Waals surface area contributed by atoms with Crippen molar-refractivity contribution < 1.29 is 19.4 Å². The van der Waals surface area contributed by atoms with Gasteiger partial charge in [0.1, 0.15) is 25.1 Å². The first-order valence-electron chi connectivity index (χ1n) is 7.46. The van der Waals surface area contributed by atoms with Crippen LogP contribution >= 0.6 is 0 Å². The maximum absolute atomic E-state index is 10.9. The maximum Gasteiger partial charge on any atom is 0.316 e. The molecular weight excluding hydrogens is 312 g/mol. The van der Waals surface area contributed by atoms with Gasteiger partial charge in [0.05, 0.1) is 0 Å². The summed E-state index contributed by atoms with van der Waals surface area (Å²) in [7, 11) is 0. The number of ether oxygens (including phenoxy) is 2. The van der Waals surface area contributed by atoms with Crippen LogP contribution in [0.5, 0.6) is 11.8 Å². The lowest BCUT2D eigenvalue weighted by atomic mass is 10.2. The average molecular weight is 332 g/mol. The summed E-state index contributed by atoms with van der Waals surface area (Å²) < 4.78 is 10.7. The summed E-state index contributed by atoms with van der Waals surface area (Å²) in [6, 6.07) is 8.51. The molecule has 1 amide bonds. The van der Waals surface area contributed by atoms with E-state index in [1.807, 2.05) is 0 Å². The number of nitrogens with zero attached hydrogens (tertiary/aromatic N) is 2. The summed E-state index contributed by atoms with van der Waals surface area (Å²) in [4.78, 5) is 18.7. The van der Waals surface area contributed by atoms with Crippen LogP contribution in [0.3, 0.4) is 0 Å². The van der Waals surface area contributed by atoms with E-state index in [0.717, 1.165) is 0 Å². The zero-order valence-corrected chi connectivity index (χ0v) is 13.1. The number of benzene rings is 1. The Morgan fingerprint density at radius 3 is 2.58 bits per heavy atom. The molecule has 1 aromatic carbocycles. The molecule has 0 aliphatic heterocycles. The number of aliphatic hydroxyl groups is 1. The first-order chi connectivity index (χ1) is 11.6. The molecule has 1 unspecified atom stereocenters. The Morgan fingerprint density at radius 1 is 1.21 bits per heavy atom. The molecule has 8 heteroatoms. The molecule has 4 N–H and O–H groups in total. The highest BCUT2D eigenvalue weighted by molar-refractivity contribution is 5.92. The van der Waals surface area contributed by atoms with Gasteiger partial charge in [0.25, 0.3) is 0 Å². The van der Waals surface area contributed by atoms with Gasteiger partial charge in [-0.05, 0) is 30.3 Å². The number of nitrogens with one attached hydrogen (secondary N) is 1. The van der Waals surface area contributed by atoms with Gasteiger partial charge >= 0.3 is 6.01 Å². The van der Waals surface area contributed by atoms with Gasteiger partial charge in [0, 0.05) is 31.0 Å². The van der Waals surface area contributed by atoms with E-state index in [-0.39, 0.29) is 12.6 Å². The molecular formula is C16H20N4O4. The van der Waals surface area contributed by atoms with Crippen molar-refractivity contribution in [3.05, 3.63) is 48.3 Å². The van der Waals surface area contributed by atoms with Crippen molar-refractivity contribution in [2.24, 2.45) is 5.73 Å². The standard InChI is InChI=1S/C16H20N4O4/c17-15(22)12-2-4-14(5-3-12)23-9-8-18-10-13(21)11-24-16-19-6-1-7-20-16/h1-7,13,18,21H,8-11H2,(H2,17,22). The van der Waals surface area contributed by atoms with Crippen molar-refractivity contribution in [2.45, 2.75) is 6.10 Å². The Morgan fingerprint density at radius 2 is 1.92 bits per heavy atom. The van der Waals surface area contributed by atoms with Crippen LogP contribution in [0.25, 0.3) is 0 Å². The molecule has 128 valence electrons. The highest BCUT2D eigenvalue weighted by atomic mass is 16.5. The topological polar surface area (TPSA) is 120 Å². The first kappa shape index (κ1) is 17.6. The quantitative estimate of drug-likeness (QED) is 0.523. The molecule has 1 atom stereocenters. The zero-order valence-electron chi connectivity index (χ0n) is 13.1. The number of primary amides is 1. The molecule has 1 heterocycles. The van der Waals surface area contributed by atoms with E-state index in [4.69, 9.17) is 15.2 Å². The van der Waals surface area contributed by atoms with Gasteiger partial charge in [0.2, 0.25) is 5.91 Å². The minimum atomic E-state index is -0.677. The van der Waals surface area contributed by atoms with Crippen LogP contribution in [0.15, 0.2) is 42.7 Å². The van der Waals surface area contributed by atoms with Crippen LogP contribution in [0.2, 0.25) is 0 Å². The zero-order chi connectivity index (χ0) is 17.2. The molecule has 2 aromatic rings. The van der Waals surface area contributed by atoms with Gasteiger partial charge in [-0.15, -0.1) is 0 Å². The third-order valence-corrected chi connectivity index (χ3v) is 3.01. The number of aliphatic hydroxyl groups excluding tert-OH is 1. The second-order valence-electron chi connectivity index (χ2n) is 4.94. The average Bonchev–Trinajstić information content (AvgIpc) is 2.61. The number of carbonyl (C=O) groups excluding carboxylic acids is 1. The molecule has 0 aliphatic rings. The van der Waals surface area contributed by atoms with Gasteiger partial charge in [0.15, 0.2) is 0 Å². The predicted molar refractivity (Wildman–Crippen MR) is 86.9 cm³/mol. The Labute approximate surface area is 139 Å². The molecule has 2 rings (SSSR count). The van der Waals surface area contributed by atoms with Crippen LogP contribution in [-0.4, -0.2) is 53.4 Å². The first-order valence-corrected chi connectivity index (χ1v) is 7.46. The minimum Gasteiger partial charge on any atom is -0.492 e. The number of carbonyl (C=O) groups is 1. The normalized spacial score (nSPS) is 11.7. The van der Waals surface area contributed by atoms with Crippen LogP contribution in [0.1, 0.15) is 10.4 Å². The summed E-state index contributed by atoms with van der Waals surface area (Å²) in [6.45, 7) is 1.44. The molecule has 0 saturated heterocycles. The fourth-order valence-corrected chi connectivity index (χ4v) is 1.81. The van der Waals surface area contributed by atoms with E-state index < -0.39 is 12.0 Å². The third kappa shape index (κ3) is 6.19. The number of hydrogen-bond donors (Lipinski definition) is 3. The molecule has 24 heavy (non-hydrogen) atoms. The highest BCUT2D eigenvalue weighted by Crippen LogP contribution is 2.11. The Balaban J connectivity index is 1.56. The van der Waals surface area contributed by atoms with Crippen LogP contribution in [0.4, 0.5) is 0 Å². The minimum absolute atomic E-state index is 0.104. The van der Waals surface area contributed by atoms with E-state index in [9.17, 15) is 9.90 Å². The van der Waals surface area contributed by atoms with E-state index in [2.05, 4.69) is 15.3 Å². The SMILES string of the molecule is NC(=O)c1ccc(OCCNCC(O)COc2ncccn2)cc1. The van der Waals surface area contributed by atoms with Crippen molar-refractivity contribution in [3.8, 4) is 11.8 Å². The van der Waals surface area contributed by atoms with Crippen LogP contribution in [0, 0.1) is 0 Å². The highest BCUT2D eigenvalue weighted by Gasteiger charge is 2.06. The second-order valence-corrected chi connectivity index (χ2v) is 4.94. The molecule has 0 aliphatic carbocycles. The lowest BCUT2D eigenvalue weighted by Gasteiger charge is -2.12. The number of aromatic nitrogens is 2. The molecule has 0 spiro atoms. The monoisotopic (exact) mass is 332 g/mol. The van der Waals surface area contributed by atoms with Crippen molar-refractivity contribution >= 4 is 5.91 Å². The third-order valence-electron chi connectivity index (χ3n) is 3.01. The largest absolute Gasteiger partial charge is 0.492 e. The number of amides is 1. The van der Waals surface area contributed by atoms with Crippen molar-refractivity contribution in [3.63, 3.8) is 0 Å². The molecule has 0 bridgehead atoms. The fraction of sp³-hybridized carbons (Fsp3) is 0.312. The van der Waals surface area contributed by atoms with E-state index >= 15 is 0 Å². The van der Waals surface area contributed by atoms with Crippen LogP contribution in [-0.2, 0) is 0 Å². The summed E-state index contributed by atoms with van der Waals surface area (Å²) in [6.07, 6.45) is 2.46. The number of nitrogens with two attached hydrogens (primary N) is 1. The van der Waals surface area contributed by atoms with E-state index in [1.54, 1.807) is 42.7 Å². The van der Waals surface area contributed by atoms with Gasteiger partial charge < -0.3 is 25.6 Å². The molecule has 8 nitrogen and oxygen atoms in total.